The van der Waals surface area contributed by atoms with E-state index in [1.165, 1.54) is 6.07 Å². The number of anilines is 2. The monoisotopic (exact) mass is 395 g/mol. The molecule has 142 valence electrons. The van der Waals surface area contributed by atoms with Crippen molar-refractivity contribution in [2.24, 2.45) is 0 Å². The highest BCUT2D eigenvalue weighted by atomic mass is 32.2. The number of benzene rings is 3. The minimum Gasteiger partial charge on any atom is -0.740 e. The highest BCUT2D eigenvalue weighted by Crippen LogP contribution is 2.40. The number of amides is 2. The van der Waals surface area contributed by atoms with Crippen LogP contribution in [0.15, 0.2) is 42.5 Å². The van der Waals surface area contributed by atoms with Crippen LogP contribution in [0.3, 0.4) is 0 Å². The zero-order valence-electron chi connectivity index (χ0n) is 15.0. The zero-order valence-corrected chi connectivity index (χ0v) is 15.8. The fourth-order valence-corrected chi connectivity index (χ4v) is 3.86. The van der Waals surface area contributed by atoms with Crippen LogP contribution in [-0.2, 0) is 11.4 Å². The first-order valence-corrected chi connectivity index (χ1v) is 9.38. The Morgan fingerprint density at radius 2 is 1.75 bits per heavy atom. The molecule has 7 nitrogen and oxygen atoms in total. The van der Waals surface area contributed by atoms with E-state index in [1.807, 2.05) is 26.0 Å². The van der Waals surface area contributed by atoms with Gasteiger partial charge in [-0.15, -0.1) is 0 Å². The van der Waals surface area contributed by atoms with Crippen LogP contribution in [0, 0.1) is 13.8 Å². The molecule has 0 saturated carbocycles. The van der Waals surface area contributed by atoms with Crippen LogP contribution >= 0.6 is 0 Å². The van der Waals surface area contributed by atoms with Crippen LogP contribution < -0.4 is 14.8 Å². The smallest absolute Gasteiger partial charge is 0.266 e. The fraction of sp³-hybridized carbons (Fsp3) is 0.100. The van der Waals surface area contributed by atoms with E-state index in [0.29, 0.717) is 22.0 Å². The Labute approximate surface area is 163 Å². The summed E-state index contributed by atoms with van der Waals surface area (Å²) in [4.78, 5) is 27.5. The second-order valence-corrected chi connectivity index (χ2v) is 7.16. The number of hydrogen-bond acceptors (Lipinski definition) is 6. The summed E-state index contributed by atoms with van der Waals surface area (Å²) in [5.74, 6) is -1.19. The minimum absolute atomic E-state index is 0.0466. The van der Waals surface area contributed by atoms with Gasteiger partial charge in [0.15, 0.2) is 5.75 Å². The average Bonchev–Trinajstić information content (AvgIpc) is 2.64. The van der Waals surface area contributed by atoms with Gasteiger partial charge in [-0.2, -0.15) is 0 Å². The van der Waals surface area contributed by atoms with Crippen LogP contribution in [0.25, 0.3) is 10.8 Å². The van der Waals surface area contributed by atoms with Crippen molar-refractivity contribution in [2.75, 3.05) is 10.6 Å². The largest absolute Gasteiger partial charge is 0.740 e. The lowest BCUT2D eigenvalue weighted by atomic mass is 9.92. The molecule has 0 saturated heterocycles. The molecule has 1 aliphatic rings. The third-order valence-electron chi connectivity index (χ3n) is 4.78. The molecule has 4 rings (SSSR count). The first-order chi connectivity index (χ1) is 13.3. The van der Waals surface area contributed by atoms with E-state index < -0.39 is 23.2 Å². The molecular formula is C20H15N2O5S-. The van der Waals surface area contributed by atoms with Gasteiger partial charge in [-0.3, -0.25) is 9.59 Å². The van der Waals surface area contributed by atoms with E-state index in [9.17, 15) is 18.4 Å². The van der Waals surface area contributed by atoms with Crippen molar-refractivity contribution in [3.63, 3.8) is 0 Å². The maximum atomic E-state index is 13.3. The lowest BCUT2D eigenvalue weighted by Gasteiger charge is -2.29. The molecule has 2 N–H and O–H groups in total. The number of imide groups is 1. The second kappa shape index (κ2) is 6.43. The molecule has 0 bridgehead atoms. The number of carbonyl (C=O) groups excluding carboxylic acids is 2. The lowest BCUT2D eigenvalue weighted by molar-refractivity contribution is 0.0893. The van der Waals surface area contributed by atoms with Gasteiger partial charge in [0, 0.05) is 16.3 Å². The molecule has 1 atom stereocenters. The van der Waals surface area contributed by atoms with Crippen LogP contribution in [0.2, 0.25) is 0 Å². The number of hydrogen-bond donors (Lipinski definition) is 1. The molecule has 0 spiro atoms. The third-order valence-corrected chi connectivity index (χ3v) is 5.10. The van der Waals surface area contributed by atoms with E-state index in [4.69, 9.17) is 9.92 Å². The van der Waals surface area contributed by atoms with Crippen molar-refractivity contribution in [2.45, 2.75) is 13.8 Å². The van der Waals surface area contributed by atoms with E-state index in [0.717, 1.165) is 16.0 Å². The molecule has 3 aromatic carbocycles. The molecule has 0 aliphatic carbocycles. The van der Waals surface area contributed by atoms with Crippen molar-refractivity contribution < 1.29 is 22.5 Å². The summed E-state index contributed by atoms with van der Waals surface area (Å²) in [5.41, 5.74) is 8.78. The van der Waals surface area contributed by atoms with Gasteiger partial charge < -0.3 is 14.5 Å². The number of rotatable bonds is 3. The van der Waals surface area contributed by atoms with E-state index in [2.05, 4.69) is 0 Å². The molecule has 1 heterocycles. The van der Waals surface area contributed by atoms with Crippen molar-refractivity contribution in [1.82, 2.24) is 0 Å². The number of nitrogens with zero attached hydrogens (tertiary/aromatic N) is 1. The molecular weight excluding hydrogens is 380 g/mol. The SMILES string of the molecule is Cc1ccc(N2C(=O)c3cccc4c(N)c(OS(=O)[O-])cc(c34)C2=O)c(C)c1. The van der Waals surface area contributed by atoms with Gasteiger partial charge in [0.05, 0.1) is 16.9 Å². The zero-order chi connectivity index (χ0) is 20.2. The molecule has 3 aromatic rings. The van der Waals surface area contributed by atoms with Crippen molar-refractivity contribution in [1.29, 1.82) is 0 Å². The van der Waals surface area contributed by atoms with Gasteiger partial charge in [0.1, 0.15) is 11.4 Å². The Balaban J connectivity index is 2.00. The first-order valence-electron chi connectivity index (χ1n) is 8.38. The highest BCUT2D eigenvalue weighted by molar-refractivity contribution is 7.74. The Morgan fingerprint density at radius 1 is 1.04 bits per heavy atom. The highest BCUT2D eigenvalue weighted by Gasteiger charge is 2.36. The maximum Gasteiger partial charge on any atom is 0.266 e. The van der Waals surface area contributed by atoms with Crippen molar-refractivity contribution in [3.8, 4) is 5.75 Å². The average molecular weight is 395 g/mol. The van der Waals surface area contributed by atoms with Gasteiger partial charge in [0.2, 0.25) is 0 Å². The number of nitrogen functional groups attached to an aromatic ring is 1. The molecule has 28 heavy (non-hydrogen) atoms. The molecule has 0 aromatic heterocycles. The van der Waals surface area contributed by atoms with Gasteiger partial charge >= 0.3 is 0 Å². The summed E-state index contributed by atoms with van der Waals surface area (Å²) < 4.78 is 26.8. The topological polar surface area (TPSA) is 113 Å². The van der Waals surface area contributed by atoms with E-state index in [-0.39, 0.29) is 17.0 Å². The molecule has 0 fully saturated rings. The van der Waals surface area contributed by atoms with Gasteiger partial charge in [0.25, 0.3) is 11.8 Å². The van der Waals surface area contributed by atoms with Gasteiger partial charge in [-0.25, -0.2) is 9.11 Å². The number of carbonyl (C=O) groups is 2. The van der Waals surface area contributed by atoms with Gasteiger partial charge in [-0.1, -0.05) is 29.8 Å². The summed E-state index contributed by atoms with van der Waals surface area (Å²) in [6.45, 7) is 3.74. The second-order valence-electron chi connectivity index (χ2n) is 6.59. The lowest BCUT2D eigenvalue weighted by Crippen LogP contribution is -2.41. The third kappa shape index (κ3) is 2.65. The summed E-state index contributed by atoms with van der Waals surface area (Å²) >= 11 is -2.86. The molecule has 2 amide bonds. The molecule has 1 unspecified atom stereocenters. The molecule has 8 heteroatoms. The van der Waals surface area contributed by atoms with Crippen molar-refractivity contribution >= 4 is 45.3 Å². The fourth-order valence-electron chi connectivity index (χ4n) is 3.58. The van der Waals surface area contributed by atoms with Crippen LogP contribution in [0.5, 0.6) is 5.75 Å². The standard InChI is InChI=1S/C20H16N2O5S/c1-10-6-7-15(11(2)8-10)22-19(23)13-5-3-4-12-17(13)14(20(22)24)9-16(18(12)21)27-28(25)26/h3-9H,21H2,1-2H3,(H,25,26)/p-1. The van der Waals surface area contributed by atoms with Crippen LogP contribution in [-0.4, -0.2) is 20.6 Å². The number of aryl methyl sites for hydroxylation is 2. The number of nitrogens with two attached hydrogens (primary N) is 1. The van der Waals surface area contributed by atoms with E-state index >= 15 is 0 Å². The predicted molar refractivity (Wildman–Crippen MR) is 105 cm³/mol. The Bertz CT molecular complexity index is 1200. The summed E-state index contributed by atoms with van der Waals surface area (Å²) in [6.07, 6.45) is 0. The molecule has 1 aliphatic heterocycles. The summed E-state index contributed by atoms with van der Waals surface area (Å²) in [7, 11) is 0. The normalized spacial score (nSPS) is 14.5. The maximum absolute atomic E-state index is 13.3. The Kier molecular flexibility index (Phi) is 4.17. The quantitative estimate of drug-likeness (QED) is 0.414. The minimum atomic E-state index is -2.86. The Morgan fingerprint density at radius 3 is 2.43 bits per heavy atom. The predicted octanol–water partition coefficient (Wildman–Crippen LogP) is 3.01. The van der Waals surface area contributed by atoms with Crippen LogP contribution in [0.4, 0.5) is 11.4 Å². The molecule has 0 radical (unpaired) electrons. The summed E-state index contributed by atoms with van der Waals surface area (Å²) in [6, 6.07) is 11.5. The summed E-state index contributed by atoms with van der Waals surface area (Å²) in [5, 5.41) is 0.775. The van der Waals surface area contributed by atoms with E-state index in [1.54, 1.807) is 24.3 Å². The first kappa shape index (κ1) is 18.1. The van der Waals surface area contributed by atoms with Crippen molar-refractivity contribution in [3.05, 3.63) is 64.7 Å². The Hall–Kier alpha value is -3.23. The van der Waals surface area contributed by atoms with Crippen LogP contribution in [0.1, 0.15) is 31.8 Å². The van der Waals surface area contributed by atoms with Gasteiger partial charge in [-0.05, 0) is 37.6 Å².